The molecule has 2 amide bonds. The van der Waals surface area contributed by atoms with Gasteiger partial charge in [-0.2, -0.15) is 0 Å². The second-order valence-corrected chi connectivity index (χ2v) is 5.81. The van der Waals surface area contributed by atoms with Crippen LogP contribution in [-0.4, -0.2) is 47.8 Å². The zero-order valence-electron chi connectivity index (χ0n) is 12.7. The van der Waals surface area contributed by atoms with Crippen molar-refractivity contribution in [3.05, 3.63) is 29.3 Å². The molecule has 1 aromatic rings. The average Bonchev–Trinajstić information content (AvgIpc) is 2.98. The summed E-state index contributed by atoms with van der Waals surface area (Å²) in [6, 6.07) is 6.69. The summed E-state index contributed by atoms with van der Waals surface area (Å²) >= 11 is 5.78. The number of nitrogens with zero attached hydrogens (tertiary/aromatic N) is 1. The highest BCUT2D eigenvalue weighted by atomic mass is 35.5. The van der Waals surface area contributed by atoms with Gasteiger partial charge in [-0.1, -0.05) is 11.6 Å². The molecule has 7 nitrogen and oxygen atoms in total. The van der Waals surface area contributed by atoms with Gasteiger partial charge in [0.2, 0.25) is 0 Å². The van der Waals surface area contributed by atoms with E-state index in [1.165, 1.54) is 4.90 Å². The van der Waals surface area contributed by atoms with Crippen LogP contribution in [0.4, 0.5) is 4.79 Å². The summed E-state index contributed by atoms with van der Waals surface area (Å²) in [7, 11) is 0. The number of benzene rings is 1. The first kappa shape index (κ1) is 17.4. The van der Waals surface area contributed by atoms with Crippen LogP contribution in [0.5, 0.6) is 5.75 Å². The molecule has 0 radical (unpaired) electrons. The second kappa shape index (κ2) is 8.03. The molecule has 23 heavy (non-hydrogen) atoms. The minimum Gasteiger partial charge on any atom is -0.481 e. The lowest BCUT2D eigenvalue weighted by molar-refractivity contribution is -0.141. The third kappa shape index (κ3) is 5.30. The summed E-state index contributed by atoms with van der Waals surface area (Å²) < 4.78 is 5.47. The van der Waals surface area contributed by atoms with Crippen LogP contribution in [0.15, 0.2) is 24.3 Å². The van der Waals surface area contributed by atoms with E-state index in [1.54, 1.807) is 31.2 Å². The first-order chi connectivity index (χ1) is 11.0. The maximum absolute atomic E-state index is 11.9. The number of carbonyl (C=O) groups excluding carboxylic acids is 1. The Kier molecular flexibility index (Phi) is 6.06. The summed E-state index contributed by atoms with van der Waals surface area (Å²) in [5.41, 5.74) is 2.33. The molecule has 0 aromatic heterocycles. The molecule has 126 valence electrons. The van der Waals surface area contributed by atoms with E-state index in [1.807, 2.05) is 0 Å². The number of carboxylic acid groups (broad SMARTS) is 1. The number of hydrogen-bond acceptors (Lipinski definition) is 4. The van der Waals surface area contributed by atoms with Crippen LogP contribution in [0.25, 0.3) is 0 Å². The molecule has 1 heterocycles. The number of rotatable bonds is 6. The average molecular weight is 343 g/mol. The number of amides is 2. The Hall–Kier alpha value is -1.99. The number of likely N-dealkylation sites (tertiary alicyclic amines) is 1. The molecule has 1 fully saturated rings. The van der Waals surface area contributed by atoms with Crippen LogP contribution < -0.4 is 10.2 Å². The van der Waals surface area contributed by atoms with Crippen LogP contribution in [0, 0.1) is 5.92 Å². The van der Waals surface area contributed by atoms with E-state index in [2.05, 4.69) is 5.48 Å². The van der Waals surface area contributed by atoms with Gasteiger partial charge in [0.25, 0.3) is 5.91 Å². The fourth-order valence-corrected chi connectivity index (χ4v) is 2.35. The van der Waals surface area contributed by atoms with Gasteiger partial charge < -0.3 is 14.7 Å². The van der Waals surface area contributed by atoms with Crippen molar-refractivity contribution in [2.75, 3.05) is 19.7 Å². The van der Waals surface area contributed by atoms with Gasteiger partial charge in [0.1, 0.15) is 5.75 Å². The van der Waals surface area contributed by atoms with E-state index in [0.29, 0.717) is 23.9 Å². The van der Waals surface area contributed by atoms with Crippen molar-refractivity contribution in [2.45, 2.75) is 19.4 Å². The highest BCUT2D eigenvalue weighted by molar-refractivity contribution is 6.30. The number of hydroxylamine groups is 1. The van der Waals surface area contributed by atoms with E-state index >= 15 is 0 Å². The van der Waals surface area contributed by atoms with Gasteiger partial charge in [-0.25, -0.2) is 10.3 Å². The molecule has 0 bridgehead atoms. The van der Waals surface area contributed by atoms with E-state index in [0.717, 1.165) is 6.42 Å². The van der Waals surface area contributed by atoms with E-state index in [9.17, 15) is 9.59 Å². The lowest BCUT2D eigenvalue weighted by Crippen LogP contribution is -2.37. The van der Waals surface area contributed by atoms with Crippen molar-refractivity contribution in [3.8, 4) is 5.75 Å². The minimum atomic E-state index is -0.929. The first-order valence-electron chi connectivity index (χ1n) is 7.27. The van der Waals surface area contributed by atoms with Crippen LogP contribution in [0.3, 0.4) is 0 Å². The zero-order chi connectivity index (χ0) is 16.8. The van der Waals surface area contributed by atoms with Crippen molar-refractivity contribution in [2.24, 2.45) is 5.92 Å². The Balaban J connectivity index is 1.68. The Bertz CT molecular complexity index is 551. The lowest BCUT2D eigenvalue weighted by atomic mass is 10.1. The number of ether oxygens (including phenoxy) is 1. The maximum Gasteiger partial charge on any atom is 0.407 e. The molecule has 0 saturated carbocycles. The van der Waals surface area contributed by atoms with Crippen molar-refractivity contribution in [3.63, 3.8) is 0 Å². The zero-order valence-corrected chi connectivity index (χ0v) is 13.5. The number of nitrogens with one attached hydrogen (secondary N) is 1. The second-order valence-electron chi connectivity index (χ2n) is 5.37. The van der Waals surface area contributed by atoms with E-state index < -0.39 is 18.1 Å². The van der Waals surface area contributed by atoms with E-state index in [-0.39, 0.29) is 12.5 Å². The van der Waals surface area contributed by atoms with E-state index in [4.69, 9.17) is 26.3 Å². The molecule has 2 atom stereocenters. The number of halogens is 1. The van der Waals surface area contributed by atoms with Crippen molar-refractivity contribution < 1.29 is 24.3 Å². The molecule has 2 N–H and O–H groups in total. The molecule has 1 saturated heterocycles. The summed E-state index contributed by atoms with van der Waals surface area (Å²) in [4.78, 5) is 29.2. The van der Waals surface area contributed by atoms with Gasteiger partial charge in [0.05, 0.1) is 6.61 Å². The van der Waals surface area contributed by atoms with Crippen molar-refractivity contribution in [1.29, 1.82) is 0 Å². The molecule has 2 rings (SSSR count). The number of carbonyl (C=O) groups is 2. The first-order valence-corrected chi connectivity index (χ1v) is 7.65. The fourth-order valence-electron chi connectivity index (χ4n) is 2.23. The summed E-state index contributed by atoms with van der Waals surface area (Å²) in [5, 5.41) is 9.45. The van der Waals surface area contributed by atoms with Gasteiger partial charge in [-0.15, -0.1) is 0 Å². The Morgan fingerprint density at radius 3 is 2.74 bits per heavy atom. The molecular formula is C15H19ClN2O5. The molecular weight excluding hydrogens is 324 g/mol. The summed E-state index contributed by atoms with van der Waals surface area (Å²) in [5.74, 6) is 0.205. The lowest BCUT2D eigenvalue weighted by Gasteiger charge is -2.16. The molecule has 0 spiro atoms. The Morgan fingerprint density at radius 1 is 1.43 bits per heavy atom. The smallest absolute Gasteiger partial charge is 0.407 e. The topological polar surface area (TPSA) is 88.1 Å². The molecule has 1 aromatic carbocycles. The van der Waals surface area contributed by atoms with Gasteiger partial charge in [0, 0.05) is 24.0 Å². The summed E-state index contributed by atoms with van der Waals surface area (Å²) in [6.45, 7) is 2.79. The SMILES string of the molecule is CC(Oc1ccc(Cl)cc1)C(=O)NOCC1CCN(C(=O)O)C1. The van der Waals surface area contributed by atoms with Crippen molar-refractivity contribution >= 4 is 23.6 Å². The highest BCUT2D eigenvalue weighted by Gasteiger charge is 2.26. The molecule has 0 aliphatic carbocycles. The molecule has 8 heteroatoms. The van der Waals surface area contributed by atoms with Crippen LogP contribution >= 0.6 is 11.6 Å². The third-order valence-corrected chi connectivity index (χ3v) is 3.80. The monoisotopic (exact) mass is 342 g/mol. The number of hydrogen-bond donors (Lipinski definition) is 2. The van der Waals surface area contributed by atoms with Gasteiger partial charge in [-0.3, -0.25) is 9.63 Å². The standard InChI is InChI=1S/C15H19ClN2O5/c1-10(23-13-4-2-12(16)3-5-13)14(19)17-22-9-11-6-7-18(8-11)15(20)21/h2-5,10-11H,6-9H2,1H3,(H,17,19)(H,20,21). The molecule has 1 aliphatic heterocycles. The summed E-state index contributed by atoms with van der Waals surface area (Å²) in [6.07, 6.45) is -0.935. The van der Waals surface area contributed by atoms with Crippen molar-refractivity contribution in [1.82, 2.24) is 10.4 Å². The van der Waals surface area contributed by atoms with Gasteiger partial charge >= 0.3 is 6.09 Å². The van der Waals surface area contributed by atoms with Crippen LogP contribution in [0.1, 0.15) is 13.3 Å². The highest BCUT2D eigenvalue weighted by Crippen LogP contribution is 2.17. The van der Waals surface area contributed by atoms with Gasteiger partial charge in [-0.05, 0) is 37.6 Å². The predicted molar refractivity (Wildman–Crippen MR) is 83.3 cm³/mol. The fraction of sp³-hybridized carbons (Fsp3) is 0.467. The van der Waals surface area contributed by atoms with Crippen LogP contribution in [-0.2, 0) is 9.63 Å². The Labute approximate surface area is 139 Å². The largest absolute Gasteiger partial charge is 0.481 e. The third-order valence-electron chi connectivity index (χ3n) is 3.54. The molecule has 1 aliphatic rings. The minimum absolute atomic E-state index is 0.0823. The normalized spacial score (nSPS) is 18.5. The van der Waals surface area contributed by atoms with Crippen LogP contribution in [0.2, 0.25) is 5.02 Å². The van der Waals surface area contributed by atoms with Gasteiger partial charge in [0.15, 0.2) is 6.10 Å². The predicted octanol–water partition coefficient (Wildman–Crippen LogP) is 2.15. The Morgan fingerprint density at radius 2 is 2.13 bits per heavy atom. The quantitative estimate of drug-likeness (QED) is 0.773. The molecule has 2 unspecified atom stereocenters. The maximum atomic E-state index is 11.9.